The van der Waals surface area contributed by atoms with Crippen LogP contribution < -0.4 is 14.8 Å². The molecule has 2 aromatic carbocycles. The number of rotatable bonds is 10. The number of methoxy groups -OCH3 is 2. The van der Waals surface area contributed by atoms with Crippen LogP contribution in [0.3, 0.4) is 0 Å². The molecule has 2 atom stereocenters. The Morgan fingerprint density at radius 2 is 1.93 bits per heavy atom. The Hall–Kier alpha value is -3.76. The Kier molecular flexibility index (Phi) is 8.76. The molecule has 9 nitrogen and oxygen atoms in total. The van der Waals surface area contributed by atoms with Gasteiger partial charge in [0.2, 0.25) is 5.91 Å². The summed E-state index contributed by atoms with van der Waals surface area (Å²) in [4.78, 5) is 33.6. The van der Waals surface area contributed by atoms with Gasteiger partial charge >= 0.3 is 5.97 Å². The van der Waals surface area contributed by atoms with Crippen molar-refractivity contribution in [1.82, 2.24) is 10.2 Å². The van der Waals surface area contributed by atoms with Crippen LogP contribution in [0.15, 0.2) is 70.2 Å². The Morgan fingerprint density at radius 1 is 1.12 bits per heavy atom. The van der Waals surface area contributed by atoms with Crippen molar-refractivity contribution >= 4 is 34.5 Å². The largest absolute Gasteiger partial charge is 0.493 e. The monoisotopic (exact) mass is 563 g/mol. The molecule has 40 heavy (non-hydrogen) atoms. The van der Waals surface area contributed by atoms with Crippen molar-refractivity contribution < 1.29 is 28.5 Å². The van der Waals surface area contributed by atoms with Crippen LogP contribution in [0.5, 0.6) is 11.5 Å². The van der Waals surface area contributed by atoms with E-state index in [1.165, 1.54) is 11.8 Å². The molecular formula is C30H33N3O6S. The second-order valence-electron chi connectivity index (χ2n) is 9.47. The fourth-order valence-corrected chi connectivity index (χ4v) is 6.01. The van der Waals surface area contributed by atoms with Crippen molar-refractivity contribution in [3.05, 3.63) is 76.3 Å². The van der Waals surface area contributed by atoms with Crippen LogP contribution in [0.4, 0.5) is 0 Å². The zero-order valence-corrected chi connectivity index (χ0v) is 23.7. The Labute approximate surface area is 238 Å². The summed E-state index contributed by atoms with van der Waals surface area (Å²) in [5.41, 5.74) is 3.23. The Morgan fingerprint density at radius 3 is 2.62 bits per heavy atom. The number of thioether (sulfide) groups is 1. The average molecular weight is 564 g/mol. The van der Waals surface area contributed by atoms with Crippen molar-refractivity contribution in [2.45, 2.75) is 38.3 Å². The van der Waals surface area contributed by atoms with Crippen molar-refractivity contribution in [3.8, 4) is 11.5 Å². The molecule has 1 fully saturated rings. The molecule has 3 aliphatic heterocycles. The van der Waals surface area contributed by atoms with Crippen LogP contribution >= 0.6 is 11.8 Å². The number of carbonyl (C=O) groups is 2. The third-order valence-corrected chi connectivity index (χ3v) is 7.86. The number of carbonyl (C=O) groups excluding carboxylic acids is 2. The van der Waals surface area contributed by atoms with Gasteiger partial charge < -0.3 is 29.2 Å². The minimum atomic E-state index is -0.617. The van der Waals surface area contributed by atoms with Crippen molar-refractivity contribution in [3.63, 3.8) is 0 Å². The molecule has 0 saturated carbocycles. The van der Waals surface area contributed by atoms with Gasteiger partial charge in [0.1, 0.15) is 0 Å². The number of hydrogen-bond acceptors (Lipinski definition) is 9. The molecule has 0 radical (unpaired) electrons. The lowest BCUT2D eigenvalue weighted by atomic mass is 9.91. The molecule has 0 spiro atoms. The first-order valence-electron chi connectivity index (χ1n) is 13.3. The van der Waals surface area contributed by atoms with E-state index in [1.807, 2.05) is 58.8 Å². The first kappa shape index (κ1) is 27.8. The van der Waals surface area contributed by atoms with E-state index in [0.29, 0.717) is 34.5 Å². The maximum absolute atomic E-state index is 13.7. The van der Waals surface area contributed by atoms with Gasteiger partial charge in [0, 0.05) is 24.4 Å². The number of aliphatic imine (C=N–C) groups is 1. The second kappa shape index (κ2) is 12.6. The third-order valence-electron chi connectivity index (χ3n) is 6.97. The molecule has 3 aliphatic rings. The standard InChI is InChI=1S/C30H33N3O6S/c1-4-38-29(35)26-27(19-9-6-5-7-10-19)32-30-33(28(26)20-12-13-23(36-2)24(15-20)37-3)21(18-40-30)16-25(34)31-17-22-11-8-14-39-22/h5-7,9-10,12-13,15,18,22,28H,4,8,11,14,16-17H2,1-3H3,(H,31,34)/t22-,28-/m0/s1. The highest BCUT2D eigenvalue weighted by atomic mass is 32.2. The molecule has 0 aliphatic carbocycles. The summed E-state index contributed by atoms with van der Waals surface area (Å²) in [6.07, 6.45) is 2.13. The number of ether oxygens (including phenoxy) is 4. The van der Waals surface area contributed by atoms with E-state index in [4.69, 9.17) is 23.9 Å². The van der Waals surface area contributed by atoms with E-state index in [0.717, 1.165) is 36.3 Å². The van der Waals surface area contributed by atoms with Gasteiger partial charge in [0.25, 0.3) is 0 Å². The number of nitrogens with zero attached hydrogens (tertiary/aromatic N) is 2. The zero-order valence-electron chi connectivity index (χ0n) is 22.8. The van der Waals surface area contributed by atoms with E-state index in [1.54, 1.807) is 21.1 Å². The lowest BCUT2D eigenvalue weighted by Gasteiger charge is -2.37. The van der Waals surface area contributed by atoms with Gasteiger partial charge in [-0.2, -0.15) is 0 Å². The maximum atomic E-state index is 13.7. The van der Waals surface area contributed by atoms with Crippen molar-refractivity contribution in [2.75, 3.05) is 34.0 Å². The molecule has 10 heteroatoms. The lowest BCUT2D eigenvalue weighted by Crippen LogP contribution is -2.39. The van der Waals surface area contributed by atoms with E-state index in [2.05, 4.69) is 5.32 Å². The molecule has 1 N–H and O–H groups in total. The van der Waals surface area contributed by atoms with Gasteiger partial charge in [-0.15, -0.1) is 0 Å². The Balaban J connectivity index is 1.57. The highest BCUT2D eigenvalue weighted by Crippen LogP contribution is 2.48. The first-order chi connectivity index (χ1) is 19.5. The second-order valence-corrected chi connectivity index (χ2v) is 10.3. The van der Waals surface area contributed by atoms with E-state index in [-0.39, 0.29) is 25.0 Å². The van der Waals surface area contributed by atoms with Gasteiger partial charge in [-0.1, -0.05) is 48.2 Å². The number of fused-ring (bicyclic) bond motifs is 1. The molecule has 1 amide bonds. The SMILES string of the molecule is CCOC(=O)C1=C(c2ccccc2)N=C2SC=C(CC(=O)NC[C@@H]3CCCO3)N2[C@H]1c1ccc(OC)c(OC)c1. The fraction of sp³-hybridized carbons (Fsp3) is 0.367. The highest BCUT2D eigenvalue weighted by Gasteiger charge is 2.42. The molecule has 2 aromatic rings. The lowest BCUT2D eigenvalue weighted by molar-refractivity contribution is -0.139. The number of amides is 1. The van der Waals surface area contributed by atoms with Crippen LogP contribution in [0.1, 0.15) is 43.4 Å². The van der Waals surface area contributed by atoms with Gasteiger partial charge in [0.15, 0.2) is 16.7 Å². The van der Waals surface area contributed by atoms with Crippen LogP contribution in [-0.2, 0) is 19.1 Å². The molecule has 0 bridgehead atoms. The molecule has 5 rings (SSSR count). The average Bonchev–Trinajstić information content (AvgIpc) is 3.65. The molecule has 1 saturated heterocycles. The highest BCUT2D eigenvalue weighted by molar-refractivity contribution is 8.16. The third kappa shape index (κ3) is 5.73. The summed E-state index contributed by atoms with van der Waals surface area (Å²) in [6.45, 7) is 3.20. The van der Waals surface area contributed by atoms with Crippen LogP contribution in [0.25, 0.3) is 5.70 Å². The van der Waals surface area contributed by atoms with Gasteiger partial charge in [-0.3, -0.25) is 4.79 Å². The smallest absolute Gasteiger partial charge is 0.338 e. The van der Waals surface area contributed by atoms with E-state index < -0.39 is 12.0 Å². The molecule has 3 heterocycles. The van der Waals surface area contributed by atoms with Crippen LogP contribution in [0, 0.1) is 0 Å². The summed E-state index contributed by atoms with van der Waals surface area (Å²) >= 11 is 1.43. The maximum Gasteiger partial charge on any atom is 0.338 e. The van der Waals surface area contributed by atoms with Gasteiger partial charge in [-0.05, 0) is 42.9 Å². The quantitative estimate of drug-likeness (QED) is 0.417. The summed E-state index contributed by atoms with van der Waals surface area (Å²) in [5.74, 6) is 0.509. The number of hydrogen-bond donors (Lipinski definition) is 1. The summed E-state index contributed by atoms with van der Waals surface area (Å²) in [6, 6.07) is 14.5. The number of nitrogens with one attached hydrogen (secondary N) is 1. The molecule has 210 valence electrons. The molecule has 0 unspecified atom stereocenters. The van der Waals surface area contributed by atoms with E-state index >= 15 is 0 Å². The van der Waals surface area contributed by atoms with Crippen LogP contribution in [-0.4, -0.2) is 62.0 Å². The molecular weight excluding hydrogens is 530 g/mol. The first-order valence-corrected chi connectivity index (χ1v) is 14.2. The summed E-state index contributed by atoms with van der Waals surface area (Å²) < 4.78 is 22.3. The van der Waals surface area contributed by atoms with Crippen molar-refractivity contribution in [2.24, 2.45) is 4.99 Å². The number of benzene rings is 2. The minimum absolute atomic E-state index is 0.0503. The van der Waals surface area contributed by atoms with E-state index in [9.17, 15) is 9.59 Å². The summed E-state index contributed by atoms with van der Waals surface area (Å²) in [5, 5.41) is 5.60. The number of amidine groups is 1. The van der Waals surface area contributed by atoms with Crippen LogP contribution in [0.2, 0.25) is 0 Å². The zero-order chi connectivity index (χ0) is 28.1. The van der Waals surface area contributed by atoms with Gasteiger partial charge in [0.05, 0.1) is 50.7 Å². The fourth-order valence-electron chi connectivity index (χ4n) is 5.09. The minimum Gasteiger partial charge on any atom is -0.493 e. The Bertz CT molecular complexity index is 1350. The molecule has 0 aromatic heterocycles. The van der Waals surface area contributed by atoms with Gasteiger partial charge in [-0.25, -0.2) is 9.79 Å². The topological polar surface area (TPSA) is 98.7 Å². The predicted octanol–water partition coefficient (Wildman–Crippen LogP) is 4.66. The number of esters is 1. The predicted molar refractivity (Wildman–Crippen MR) is 154 cm³/mol. The normalized spacial score (nSPS) is 20.0. The summed E-state index contributed by atoms with van der Waals surface area (Å²) in [7, 11) is 3.15. The van der Waals surface area contributed by atoms with Crippen molar-refractivity contribution in [1.29, 1.82) is 0 Å².